The largest absolute Gasteiger partial charge is 0.437 e. The predicted molar refractivity (Wildman–Crippen MR) is 87.3 cm³/mol. The van der Waals surface area contributed by atoms with Crippen molar-refractivity contribution in [3.63, 3.8) is 0 Å². The van der Waals surface area contributed by atoms with Crippen molar-refractivity contribution in [2.75, 3.05) is 11.1 Å². The number of hydrogen-bond donors (Lipinski definition) is 2. The molecule has 5 nitrogen and oxygen atoms in total. The molecule has 0 amide bonds. The Bertz CT molecular complexity index is 869. The SMILES string of the molecule is Cc1ccc(Oc2ncnc(Nc3ccc(F)cc3F)c2N)cc1. The first-order valence-corrected chi connectivity index (χ1v) is 7.10. The van der Waals surface area contributed by atoms with E-state index in [4.69, 9.17) is 10.5 Å². The maximum atomic E-state index is 13.7. The maximum Gasteiger partial charge on any atom is 0.248 e. The highest BCUT2D eigenvalue weighted by Crippen LogP contribution is 2.31. The molecule has 0 aliphatic carbocycles. The Balaban J connectivity index is 1.86. The number of aromatic nitrogens is 2. The summed E-state index contributed by atoms with van der Waals surface area (Å²) in [5, 5.41) is 2.71. The summed E-state index contributed by atoms with van der Waals surface area (Å²) in [6.07, 6.45) is 1.24. The zero-order valence-electron chi connectivity index (χ0n) is 12.8. The van der Waals surface area contributed by atoms with Gasteiger partial charge in [0.05, 0.1) is 5.69 Å². The molecule has 0 aliphatic rings. The van der Waals surface area contributed by atoms with Crippen LogP contribution in [0, 0.1) is 18.6 Å². The van der Waals surface area contributed by atoms with Gasteiger partial charge in [-0.25, -0.2) is 13.8 Å². The third-order valence-corrected chi connectivity index (χ3v) is 3.27. The minimum atomic E-state index is -0.756. The van der Waals surface area contributed by atoms with E-state index in [1.165, 1.54) is 12.4 Å². The predicted octanol–water partition coefficient (Wildman–Crippen LogP) is 4.18. The molecule has 1 heterocycles. The number of hydrogen-bond acceptors (Lipinski definition) is 5. The molecule has 3 rings (SSSR count). The van der Waals surface area contributed by atoms with Crippen LogP contribution in [0.15, 0.2) is 48.8 Å². The summed E-state index contributed by atoms with van der Waals surface area (Å²) in [5.74, 6) is -0.562. The maximum absolute atomic E-state index is 13.7. The monoisotopic (exact) mass is 328 g/mol. The Morgan fingerprint density at radius 2 is 1.79 bits per heavy atom. The number of halogens is 2. The number of anilines is 3. The lowest BCUT2D eigenvalue weighted by Gasteiger charge is -2.12. The van der Waals surface area contributed by atoms with Crippen molar-refractivity contribution in [3.05, 3.63) is 66.0 Å². The van der Waals surface area contributed by atoms with Crippen molar-refractivity contribution in [3.8, 4) is 11.6 Å². The van der Waals surface area contributed by atoms with E-state index in [0.29, 0.717) is 5.75 Å². The number of aryl methyl sites for hydroxylation is 1. The van der Waals surface area contributed by atoms with Gasteiger partial charge >= 0.3 is 0 Å². The molecule has 7 heteroatoms. The van der Waals surface area contributed by atoms with Crippen LogP contribution in [0.4, 0.5) is 26.0 Å². The molecule has 1 aromatic heterocycles. The third kappa shape index (κ3) is 3.40. The lowest BCUT2D eigenvalue weighted by Crippen LogP contribution is -2.04. The van der Waals surface area contributed by atoms with Gasteiger partial charge in [0.15, 0.2) is 5.82 Å². The molecule has 122 valence electrons. The van der Waals surface area contributed by atoms with E-state index in [1.807, 2.05) is 19.1 Å². The molecule has 0 bridgehead atoms. The minimum Gasteiger partial charge on any atom is -0.437 e. The normalized spacial score (nSPS) is 10.5. The second kappa shape index (κ2) is 6.49. The topological polar surface area (TPSA) is 73.1 Å². The second-order valence-corrected chi connectivity index (χ2v) is 5.11. The Kier molecular flexibility index (Phi) is 4.24. The van der Waals surface area contributed by atoms with Crippen molar-refractivity contribution in [1.82, 2.24) is 9.97 Å². The van der Waals surface area contributed by atoms with Crippen LogP contribution in [-0.4, -0.2) is 9.97 Å². The Morgan fingerprint density at radius 1 is 1.04 bits per heavy atom. The fourth-order valence-corrected chi connectivity index (χ4v) is 2.00. The highest BCUT2D eigenvalue weighted by molar-refractivity contribution is 5.72. The van der Waals surface area contributed by atoms with Crippen LogP contribution in [0.2, 0.25) is 0 Å². The number of benzene rings is 2. The van der Waals surface area contributed by atoms with E-state index in [9.17, 15) is 8.78 Å². The molecule has 0 saturated carbocycles. The van der Waals surface area contributed by atoms with E-state index in [0.717, 1.165) is 17.7 Å². The van der Waals surface area contributed by atoms with Gasteiger partial charge in [-0.2, -0.15) is 4.98 Å². The Morgan fingerprint density at radius 3 is 2.50 bits per heavy atom. The Labute approximate surface area is 137 Å². The molecule has 3 N–H and O–H groups in total. The van der Waals surface area contributed by atoms with E-state index in [1.54, 1.807) is 12.1 Å². The fraction of sp³-hybridized carbons (Fsp3) is 0.0588. The van der Waals surface area contributed by atoms with Crippen LogP contribution < -0.4 is 15.8 Å². The smallest absolute Gasteiger partial charge is 0.248 e. The Hall–Kier alpha value is -3.22. The number of ether oxygens (including phenoxy) is 1. The summed E-state index contributed by atoms with van der Waals surface area (Å²) >= 11 is 0. The lowest BCUT2D eigenvalue weighted by molar-refractivity contribution is 0.464. The number of rotatable bonds is 4. The first-order valence-electron chi connectivity index (χ1n) is 7.10. The summed E-state index contributed by atoms with van der Waals surface area (Å²) < 4.78 is 32.3. The molecule has 2 aromatic carbocycles. The van der Waals surface area contributed by atoms with Crippen LogP contribution in [0.25, 0.3) is 0 Å². The molecule has 0 radical (unpaired) electrons. The zero-order valence-corrected chi connectivity index (χ0v) is 12.8. The summed E-state index contributed by atoms with van der Waals surface area (Å²) in [4.78, 5) is 7.95. The molecule has 0 spiro atoms. The van der Waals surface area contributed by atoms with Gasteiger partial charge in [0.25, 0.3) is 0 Å². The molecular formula is C17H14F2N4O. The van der Waals surface area contributed by atoms with Gasteiger partial charge in [-0.3, -0.25) is 0 Å². The molecule has 0 aliphatic heterocycles. The van der Waals surface area contributed by atoms with Crippen molar-refractivity contribution in [2.45, 2.75) is 6.92 Å². The highest BCUT2D eigenvalue weighted by atomic mass is 19.1. The van der Waals surface area contributed by atoms with Crippen LogP contribution in [0.3, 0.4) is 0 Å². The van der Waals surface area contributed by atoms with Crippen molar-refractivity contribution in [2.24, 2.45) is 0 Å². The molecule has 0 fully saturated rings. The van der Waals surface area contributed by atoms with E-state index >= 15 is 0 Å². The molecule has 0 unspecified atom stereocenters. The molecular weight excluding hydrogens is 314 g/mol. The van der Waals surface area contributed by atoms with E-state index < -0.39 is 11.6 Å². The van der Waals surface area contributed by atoms with Gasteiger partial charge in [-0.15, -0.1) is 0 Å². The summed E-state index contributed by atoms with van der Waals surface area (Å²) in [5.41, 5.74) is 7.23. The minimum absolute atomic E-state index is 0.0445. The van der Waals surface area contributed by atoms with Gasteiger partial charge in [0.2, 0.25) is 5.88 Å². The van der Waals surface area contributed by atoms with Gasteiger partial charge in [-0.1, -0.05) is 17.7 Å². The number of nitrogens with zero attached hydrogens (tertiary/aromatic N) is 2. The van der Waals surface area contributed by atoms with Crippen LogP contribution in [-0.2, 0) is 0 Å². The highest BCUT2D eigenvalue weighted by Gasteiger charge is 2.12. The quantitative estimate of drug-likeness (QED) is 0.751. The third-order valence-electron chi connectivity index (χ3n) is 3.27. The van der Waals surface area contributed by atoms with Gasteiger partial charge < -0.3 is 15.8 Å². The average molecular weight is 328 g/mol. The van der Waals surface area contributed by atoms with Crippen LogP contribution >= 0.6 is 0 Å². The number of nitrogens with two attached hydrogens (primary N) is 1. The standard InChI is InChI=1S/C17H14F2N4O/c1-10-2-5-12(6-3-10)24-17-15(20)16(21-9-22-17)23-14-7-4-11(18)8-13(14)19/h2-9H,20H2,1H3,(H,21,22,23). The average Bonchev–Trinajstić information content (AvgIpc) is 2.55. The number of nitrogen functional groups attached to an aromatic ring is 1. The van der Waals surface area contributed by atoms with Crippen molar-refractivity contribution < 1.29 is 13.5 Å². The first kappa shape index (κ1) is 15.7. The summed E-state index contributed by atoms with van der Waals surface area (Å²) in [6.45, 7) is 1.96. The van der Waals surface area contributed by atoms with Crippen LogP contribution in [0.1, 0.15) is 5.56 Å². The lowest BCUT2D eigenvalue weighted by atomic mass is 10.2. The summed E-state index contributed by atoms with van der Waals surface area (Å²) in [7, 11) is 0. The van der Waals surface area contributed by atoms with Crippen LogP contribution in [0.5, 0.6) is 11.6 Å². The first-order chi connectivity index (χ1) is 11.5. The van der Waals surface area contributed by atoms with Crippen molar-refractivity contribution >= 4 is 17.2 Å². The molecule has 24 heavy (non-hydrogen) atoms. The van der Waals surface area contributed by atoms with Gasteiger partial charge in [0, 0.05) is 6.07 Å². The van der Waals surface area contributed by atoms with E-state index in [2.05, 4.69) is 15.3 Å². The molecule has 0 saturated heterocycles. The molecule has 3 aromatic rings. The van der Waals surface area contributed by atoms with Gasteiger partial charge in [-0.05, 0) is 31.2 Å². The molecule has 0 atom stereocenters. The van der Waals surface area contributed by atoms with Gasteiger partial charge in [0.1, 0.15) is 29.4 Å². The number of nitrogens with one attached hydrogen (secondary N) is 1. The van der Waals surface area contributed by atoms with E-state index in [-0.39, 0.29) is 23.1 Å². The second-order valence-electron chi connectivity index (χ2n) is 5.11. The zero-order chi connectivity index (χ0) is 17.1. The summed E-state index contributed by atoms with van der Waals surface area (Å²) in [6, 6.07) is 10.5. The van der Waals surface area contributed by atoms with Crippen molar-refractivity contribution in [1.29, 1.82) is 0 Å². The fourth-order valence-electron chi connectivity index (χ4n) is 2.00.